The first-order valence-corrected chi connectivity index (χ1v) is 12.6. The van der Waals surface area contributed by atoms with Crippen LogP contribution in [0.1, 0.15) is 13.8 Å². The Labute approximate surface area is 206 Å². The van der Waals surface area contributed by atoms with Crippen molar-refractivity contribution in [1.29, 1.82) is 0 Å². The number of aromatic nitrogens is 4. The number of nitrogens with two attached hydrogens (primary N) is 1. The van der Waals surface area contributed by atoms with E-state index in [4.69, 9.17) is 10.7 Å². The largest absolute Gasteiger partial charge is 0.369 e. The highest BCUT2D eigenvalue weighted by Gasteiger charge is 2.26. The van der Waals surface area contributed by atoms with Crippen LogP contribution in [0.2, 0.25) is 0 Å². The van der Waals surface area contributed by atoms with Gasteiger partial charge in [0.1, 0.15) is 11.3 Å². The molecule has 182 valence electrons. The summed E-state index contributed by atoms with van der Waals surface area (Å²) in [7, 11) is -3.70. The third kappa shape index (κ3) is 3.99. The molecule has 0 saturated carbocycles. The first-order chi connectivity index (χ1) is 17.1. The van der Waals surface area contributed by atoms with E-state index >= 15 is 0 Å². The molecule has 10 nitrogen and oxygen atoms in total. The van der Waals surface area contributed by atoms with Crippen molar-refractivity contribution in [3.63, 3.8) is 0 Å². The quantitative estimate of drug-likeness (QED) is 0.218. The van der Waals surface area contributed by atoms with Crippen molar-refractivity contribution in [1.82, 2.24) is 19.9 Å². The Morgan fingerprint density at radius 1 is 0.917 bits per heavy atom. The van der Waals surface area contributed by atoms with Crippen LogP contribution in [0.15, 0.2) is 71.6 Å². The smallest absolute Gasteiger partial charge is 0.269 e. The summed E-state index contributed by atoms with van der Waals surface area (Å²) in [5, 5.41) is 10.4. The number of sulfone groups is 1. The van der Waals surface area contributed by atoms with Crippen molar-refractivity contribution in [2.45, 2.75) is 24.0 Å². The molecule has 0 aliphatic heterocycles. The molecule has 0 saturated heterocycles. The molecule has 0 bridgehead atoms. The zero-order valence-electron chi connectivity index (χ0n) is 19.4. The number of rotatable bonds is 6. The minimum atomic E-state index is -3.70. The molecule has 5 aromatic rings. The van der Waals surface area contributed by atoms with E-state index in [0.717, 1.165) is 5.56 Å². The van der Waals surface area contributed by atoms with Crippen molar-refractivity contribution >= 4 is 32.5 Å². The maximum atomic E-state index is 13.2. The predicted octanol–water partition coefficient (Wildman–Crippen LogP) is 4.96. The summed E-state index contributed by atoms with van der Waals surface area (Å²) in [5.74, 6) is 0.593. The van der Waals surface area contributed by atoms with Crippen molar-refractivity contribution in [2.24, 2.45) is 0 Å². The van der Waals surface area contributed by atoms with Gasteiger partial charge in [-0.25, -0.2) is 18.4 Å². The highest BCUT2D eigenvalue weighted by atomic mass is 32.2. The van der Waals surface area contributed by atoms with Gasteiger partial charge in [0.25, 0.3) is 5.69 Å². The minimum absolute atomic E-state index is 0.0281. The lowest BCUT2D eigenvalue weighted by molar-refractivity contribution is -0.384. The van der Waals surface area contributed by atoms with Gasteiger partial charge >= 0.3 is 0 Å². The molecule has 36 heavy (non-hydrogen) atoms. The van der Waals surface area contributed by atoms with Crippen LogP contribution in [0.25, 0.3) is 44.9 Å². The van der Waals surface area contributed by atoms with Crippen LogP contribution in [0.5, 0.6) is 0 Å². The van der Waals surface area contributed by atoms with Crippen molar-refractivity contribution in [3.05, 3.63) is 76.8 Å². The molecule has 2 aromatic heterocycles. The number of hydrogen-bond acceptors (Lipinski definition) is 7. The zero-order chi connectivity index (χ0) is 25.6. The lowest BCUT2D eigenvalue weighted by Gasteiger charge is -2.11. The summed E-state index contributed by atoms with van der Waals surface area (Å²) in [6.07, 6.45) is 0. The lowest BCUT2D eigenvalue weighted by atomic mass is 10.0. The molecule has 0 fully saturated rings. The van der Waals surface area contributed by atoms with E-state index in [-0.39, 0.29) is 22.0 Å². The monoisotopic (exact) mass is 502 g/mol. The van der Waals surface area contributed by atoms with Gasteiger partial charge in [-0.15, -0.1) is 0 Å². The number of nitrogens with one attached hydrogen (secondary N) is 2. The van der Waals surface area contributed by atoms with E-state index in [0.29, 0.717) is 33.9 Å². The fraction of sp³-hybridized carbons (Fsp3) is 0.120. The predicted molar refractivity (Wildman–Crippen MR) is 138 cm³/mol. The Balaban J connectivity index is 1.76. The first-order valence-electron chi connectivity index (χ1n) is 11.1. The number of nitro groups is 1. The van der Waals surface area contributed by atoms with Gasteiger partial charge in [-0.2, -0.15) is 0 Å². The maximum Gasteiger partial charge on any atom is 0.269 e. The molecule has 0 radical (unpaired) electrons. The van der Waals surface area contributed by atoms with Gasteiger partial charge in [0.05, 0.1) is 32.0 Å². The molecule has 0 aliphatic rings. The Bertz CT molecular complexity index is 1710. The Morgan fingerprint density at radius 3 is 2.25 bits per heavy atom. The van der Waals surface area contributed by atoms with Crippen molar-refractivity contribution in [3.8, 4) is 33.9 Å². The highest BCUT2D eigenvalue weighted by Crippen LogP contribution is 2.37. The molecule has 5 rings (SSSR count). The van der Waals surface area contributed by atoms with E-state index in [1.54, 1.807) is 38.1 Å². The minimum Gasteiger partial charge on any atom is -0.369 e. The number of aromatic amines is 2. The summed E-state index contributed by atoms with van der Waals surface area (Å²) in [6, 6.07) is 18.9. The summed E-state index contributed by atoms with van der Waals surface area (Å²) in [4.78, 5) is 25.9. The molecule has 0 atom stereocenters. The average Bonchev–Trinajstić information content (AvgIpc) is 3.47. The molecule has 0 spiro atoms. The van der Waals surface area contributed by atoms with Crippen LogP contribution < -0.4 is 5.73 Å². The SMILES string of the molecule is CC(C)S(=O)(=O)c1cc(-c2nc(-c3ccc([N+](=O)[O-])cc3)[nH]c2-c2ccccc2)cc2[nH]c(N)nc12. The molecular formula is C25H22N6O4S. The number of H-pyrrole nitrogens is 2. The second kappa shape index (κ2) is 8.61. The highest BCUT2D eigenvalue weighted by molar-refractivity contribution is 7.92. The summed E-state index contributed by atoms with van der Waals surface area (Å²) in [5.41, 5.74) is 9.81. The molecule has 11 heteroatoms. The van der Waals surface area contributed by atoms with Gasteiger partial charge in [-0.3, -0.25) is 10.1 Å². The standard InChI is InChI=1S/C25H22N6O4S/c1-14(2)36(34,35)20-13-17(12-19-23(20)30-25(26)27-19)22-21(15-6-4-3-5-7-15)28-24(29-22)16-8-10-18(11-9-16)31(32)33/h3-14H,1-2H3,(H,28,29)(H3,26,27,30). The molecule has 4 N–H and O–H groups in total. The fourth-order valence-corrected chi connectivity index (χ4v) is 5.21. The second-order valence-electron chi connectivity index (χ2n) is 8.57. The lowest BCUT2D eigenvalue weighted by Crippen LogP contribution is -2.14. The van der Waals surface area contributed by atoms with Crippen LogP contribution in [0.4, 0.5) is 11.6 Å². The van der Waals surface area contributed by atoms with E-state index in [1.165, 1.54) is 12.1 Å². The molecule has 0 aliphatic carbocycles. The van der Waals surface area contributed by atoms with Gasteiger partial charge in [0.15, 0.2) is 15.8 Å². The third-order valence-electron chi connectivity index (χ3n) is 5.89. The number of fused-ring (bicyclic) bond motifs is 1. The third-order valence-corrected chi connectivity index (χ3v) is 8.05. The van der Waals surface area contributed by atoms with Crippen LogP contribution in [-0.4, -0.2) is 38.5 Å². The van der Waals surface area contributed by atoms with Crippen LogP contribution in [0, 0.1) is 10.1 Å². The van der Waals surface area contributed by atoms with Gasteiger partial charge in [0.2, 0.25) is 0 Å². The molecule has 2 heterocycles. The van der Waals surface area contributed by atoms with Crippen LogP contribution in [-0.2, 0) is 9.84 Å². The number of nitrogens with zero attached hydrogens (tertiary/aromatic N) is 3. The summed E-state index contributed by atoms with van der Waals surface area (Å²) >= 11 is 0. The van der Waals surface area contributed by atoms with E-state index in [1.807, 2.05) is 30.3 Å². The molecule has 3 aromatic carbocycles. The fourth-order valence-electron chi connectivity index (χ4n) is 3.99. The molecule has 0 unspecified atom stereocenters. The number of nitro benzene ring substituents is 1. The summed E-state index contributed by atoms with van der Waals surface area (Å²) in [6.45, 7) is 3.22. The first kappa shape index (κ1) is 23.2. The number of imidazole rings is 2. The number of non-ortho nitro benzene ring substituents is 1. The van der Waals surface area contributed by atoms with Crippen molar-refractivity contribution < 1.29 is 13.3 Å². The van der Waals surface area contributed by atoms with Gasteiger partial charge in [-0.05, 0) is 38.1 Å². The van der Waals surface area contributed by atoms with Gasteiger partial charge in [0, 0.05) is 28.8 Å². The number of nitrogen functional groups attached to an aromatic ring is 1. The average molecular weight is 503 g/mol. The number of anilines is 1. The number of benzene rings is 3. The topological polar surface area (TPSA) is 161 Å². The molecular weight excluding hydrogens is 480 g/mol. The Kier molecular flexibility index (Phi) is 5.56. The zero-order valence-corrected chi connectivity index (χ0v) is 20.2. The normalized spacial score (nSPS) is 11.9. The Morgan fingerprint density at radius 2 is 1.61 bits per heavy atom. The second-order valence-corrected chi connectivity index (χ2v) is 11.0. The summed E-state index contributed by atoms with van der Waals surface area (Å²) < 4.78 is 26.5. The van der Waals surface area contributed by atoms with E-state index in [9.17, 15) is 18.5 Å². The van der Waals surface area contributed by atoms with Gasteiger partial charge < -0.3 is 15.7 Å². The Hall–Kier alpha value is -4.51. The van der Waals surface area contributed by atoms with E-state index in [2.05, 4.69) is 15.0 Å². The number of hydrogen-bond donors (Lipinski definition) is 3. The van der Waals surface area contributed by atoms with Gasteiger partial charge in [-0.1, -0.05) is 30.3 Å². The van der Waals surface area contributed by atoms with Crippen LogP contribution in [0.3, 0.4) is 0 Å². The maximum absolute atomic E-state index is 13.2. The van der Waals surface area contributed by atoms with Crippen LogP contribution >= 0.6 is 0 Å². The van der Waals surface area contributed by atoms with Crippen molar-refractivity contribution in [2.75, 3.05) is 5.73 Å². The van der Waals surface area contributed by atoms with E-state index < -0.39 is 20.0 Å². The molecule has 0 amide bonds.